The molecule has 0 aromatic carbocycles. The summed E-state index contributed by atoms with van der Waals surface area (Å²) in [7, 11) is 0. The van der Waals surface area contributed by atoms with Crippen molar-refractivity contribution in [2.75, 3.05) is 6.54 Å². The Morgan fingerprint density at radius 2 is 1.78 bits per heavy atom. The number of rotatable bonds is 5. The van der Waals surface area contributed by atoms with E-state index in [9.17, 15) is 0 Å². The van der Waals surface area contributed by atoms with Crippen molar-refractivity contribution < 1.29 is 0 Å². The zero-order valence-corrected chi connectivity index (χ0v) is 13.0. The Morgan fingerprint density at radius 3 is 2.33 bits per heavy atom. The Morgan fingerprint density at radius 1 is 1.11 bits per heavy atom. The fourth-order valence-corrected chi connectivity index (χ4v) is 3.98. The third-order valence-corrected chi connectivity index (χ3v) is 5.36. The van der Waals surface area contributed by atoms with E-state index >= 15 is 0 Å². The van der Waals surface area contributed by atoms with Crippen molar-refractivity contribution in [1.82, 2.24) is 5.32 Å². The summed E-state index contributed by atoms with van der Waals surface area (Å²) in [5.41, 5.74) is 1.17. The zero-order valence-electron chi connectivity index (χ0n) is 13.0. The van der Waals surface area contributed by atoms with Crippen molar-refractivity contribution in [2.45, 2.75) is 85.1 Å². The van der Waals surface area contributed by atoms with E-state index in [2.05, 4.69) is 33.0 Å². The molecule has 1 nitrogen and oxygen atoms in total. The summed E-state index contributed by atoms with van der Waals surface area (Å²) in [6, 6.07) is 0.785. The van der Waals surface area contributed by atoms with Crippen LogP contribution >= 0.6 is 0 Å². The van der Waals surface area contributed by atoms with E-state index in [0.717, 1.165) is 12.0 Å². The van der Waals surface area contributed by atoms with E-state index in [1.807, 2.05) is 0 Å². The maximum absolute atomic E-state index is 3.97. The lowest BCUT2D eigenvalue weighted by atomic mass is 9.69. The molecule has 2 atom stereocenters. The van der Waals surface area contributed by atoms with Gasteiger partial charge in [-0.25, -0.2) is 0 Å². The minimum atomic E-state index is 0.472. The largest absolute Gasteiger partial charge is 0.313 e. The van der Waals surface area contributed by atoms with Crippen LogP contribution in [0.15, 0.2) is 0 Å². The molecule has 0 bridgehead atoms. The molecule has 2 saturated carbocycles. The van der Waals surface area contributed by atoms with Gasteiger partial charge in [-0.3, -0.25) is 0 Å². The lowest BCUT2D eigenvalue weighted by molar-refractivity contribution is 0.126. The molecular formula is C17H33N. The van der Waals surface area contributed by atoms with Gasteiger partial charge in [0, 0.05) is 12.6 Å². The first-order chi connectivity index (χ1) is 8.47. The molecule has 2 unspecified atom stereocenters. The standard InChI is InChI=1S/C17H33N/c1-5-10-17(11-12-17)13-18-15-9-7-6-8-14(15)16(2,3)4/h14-15,18H,5-13H2,1-4H3. The molecule has 1 N–H and O–H groups in total. The predicted molar refractivity (Wildman–Crippen MR) is 79.8 cm³/mol. The Balaban J connectivity index is 1.86. The molecule has 2 aliphatic carbocycles. The normalized spacial score (nSPS) is 31.3. The van der Waals surface area contributed by atoms with Crippen molar-refractivity contribution in [1.29, 1.82) is 0 Å². The maximum Gasteiger partial charge on any atom is 0.0101 e. The molecule has 0 aromatic rings. The molecule has 0 radical (unpaired) electrons. The summed E-state index contributed by atoms with van der Waals surface area (Å²) < 4.78 is 0. The van der Waals surface area contributed by atoms with Gasteiger partial charge in [0.2, 0.25) is 0 Å². The molecule has 106 valence electrons. The molecule has 0 aliphatic heterocycles. The first-order valence-electron chi connectivity index (χ1n) is 8.20. The molecule has 0 heterocycles. The second-order valence-corrected chi connectivity index (χ2v) is 7.99. The Hall–Kier alpha value is -0.0400. The van der Waals surface area contributed by atoms with Crippen molar-refractivity contribution in [3.63, 3.8) is 0 Å². The van der Waals surface area contributed by atoms with Gasteiger partial charge in [-0.15, -0.1) is 0 Å². The van der Waals surface area contributed by atoms with Crippen molar-refractivity contribution in [2.24, 2.45) is 16.7 Å². The molecular weight excluding hydrogens is 218 g/mol. The van der Waals surface area contributed by atoms with Gasteiger partial charge in [-0.1, -0.05) is 47.0 Å². The summed E-state index contributed by atoms with van der Waals surface area (Å²) in [6.45, 7) is 10.9. The van der Waals surface area contributed by atoms with Crippen LogP contribution in [0, 0.1) is 16.7 Å². The number of nitrogens with one attached hydrogen (secondary N) is 1. The summed E-state index contributed by atoms with van der Waals surface area (Å²) in [5.74, 6) is 0.878. The van der Waals surface area contributed by atoms with Gasteiger partial charge in [0.1, 0.15) is 0 Å². The van der Waals surface area contributed by atoms with Gasteiger partial charge in [0.25, 0.3) is 0 Å². The highest BCUT2D eigenvalue weighted by atomic mass is 14.9. The highest BCUT2D eigenvalue weighted by Gasteiger charge is 2.42. The van der Waals surface area contributed by atoms with Crippen LogP contribution in [0.25, 0.3) is 0 Å². The van der Waals surface area contributed by atoms with Crippen LogP contribution < -0.4 is 5.32 Å². The number of hydrogen-bond acceptors (Lipinski definition) is 1. The fraction of sp³-hybridized carbons (Fsp3) is 1.00. The lowest BCUT2D eigenvalue weighted by Crippen LogP contribution is -2.46. The number of hydrogen-bond donors (Lipinski definition) is 1. The molecule has 2 rings (SSSR count). The lowest BCUT2D eigenvalue weighted by Gasteiger charge is -2.41. The van der Waals surface area contributed by atoms with E-state index in [4.69, 9.17) is 0 Å². The molecule has 1 heteroatoms. The van der Waals surface area contributed by atoms with E-state index < -0.39 is 0 Å². The molecule has 2 aliphatic rings. The zero-order chi connectivity index (χ0) is 13.2. The minimum absolute atomic E-state index is 0.472. The average molecular weight is 251 g/mol. The topological polar surface area (TPSA) is 12.0 Å². The second kappa shape index (κ2) is 5.53. The predicted octanol–water partition coefficient (Wildman–Crippen LogP) is 4.76. The minimum Gasteiger partial charge on any atom is -0.313 e. The van der Waals surface area contributed by atoms with Gasteiger partial charge in [-0.05, 0) is 48.9 Å². The van der Waals surface area contributed by atoms with Gasteiger partial charge >= 0.3 is 0 Å². The Labute approximate surface area is 114 Å². The summed E-state index contributed by atoms with van der Waals surface area (Å²) in [4.78, 5) is 0. The van der Waals surface area contributed by atoms with Crippen LogP contribution in [0.4, 0.5) is 0 Å². The van der Waals surface area contributed by atoms with E-state index in [1.165, 1.54) is 57.9 Å². The highest BCUT2D eigenvalue weighted by molar-refractivity contribution is 4.97. The molecule has 0 saturated heterocycles. The van der Waals surface area contributed by atoms with Crippen molar-refractivity contribution in [3.8, 4) is 0 Å². The summed E-state index contributed by atoms with van der Waals surface area (Å²) >= 11 is 0. The molecule has 0 amide bonds. The molecule has 18 heavy (non-hydrogen) atoms. The van der Waals surface area contributed by atoms with E-state index in [-0.39, 0.29) is 0 Å². The maximum atomic E-state index is 3.97. The van der Waals surface area contributed by atoms with E-state index in [0.29, 0.717) is 10.8 Å². The highest BCUT2D eigenvalue weighted by Crippen LogP contribution is 2.49. The van der Waals surface area contributed by atoms with Crippen LogP contribution in [0.3, 0.4) is 0 Å². The molecule has 0 aromatic heterocycles. The Kier molecular flexibility index (Phi) is 4.41. The van der Waals surface area contributed by atoms with Gasteiger partial charge < -0.3 is 5.32 Å². The first-order valence-corrected chi connectivity index (χ1v) is 8.20. The van der Waals surface area contributed by atoms with Gasteiger partial charge in [0.15, 0.2) is 0 Å². The fourth-order valence-electron chi connectivity index (χ4n) is 3.98. The smallest absolute Gasteiger partial charge is 0.0101 e. The van der Waals surface area contributed by atoms with Crippen LogP contribution in [0.5, 0.6) is 0 Å². The van der Waals surface area contributed by atoms with Crippen LogP contribution in [0.2, 0.25) is 0 Å². The van der Waals surface area contributed by atoms with Gasteiger partial charge in [0.05, 0.1) is 0 Å². The molecule has 0 spiro atoms. The van der Waals surface area contributed by atoms with Crippen molar-refractivity contribution >= 4 is 0 Å². The second-order valence-electron chi connectivity index (χ2n) is 7.99. The summed E-state index contributed by atoms with van der Waals surface area (Å²) in [6.07, 6.45) is 11.5. The third kappa shape index (κ3) is 3.50. The molecule has 2 fully saturated rings. The quantitative estimate of drug-likeness (QED) is 0.743. The monoisotopic (exact) mass is 251 g/mol. The van der Waals surface area contributed by atoms with Gasteiger partial charge in [-0.2, -0.15) is 0 Å². The van der Waals surface area contributed by atoms with Crippen LogP contribution in [-0.4, -0.2) is 12.6 Å². The first kappa shape index (κ1) is 14.4. The van der Waals surface area contributed by atoms with E-state index in [1.54, 1.807) is 0 Å². The average Bonchev–Trinajstić information content (AvgIpc) is 3.07. The summed E-state index contributed by atoms with van der Waals surface area (Å²) in [5, 5.41) is 3.97. The van der Waals surface area contributed by atoms with Crippen molar-refractivity contribution in [3.05, 3.63) is 0 Å². The third-order valence-electron chi connectivity index (χ3n) is 5.36. The Bertz CT molecular complexity index is 259. The van der Waals surface area contributed by atoms with Crippen LogP contribution in [-0.2, 0) is 0 Å². The van der Waals surface area contributed by atoms with Crippen LogP contribution in [0.1, 0.15) is 79.1 Å². The SMILES string of the molecule is CCCC1(CNC2CCCCC2C(C)(C)C)CC1.